The van der Waals surface area contributed by atoms with Crippen LogP contribution in [-0.2, 0) is 14.4 Å². The molecule has 0 aromatic heterocycles. The van der Waals surface area contributed by atoms with Gasteiger partial charge in [0.15, 0.2) is 0 Å². The number of carbonyl (C=O) groups is 3. The van der Waals surface area contributed by atoms with E-state index in [1.54, 1.807) is 12.3 Å². The zero-order valence-corrected chi connectivity index (χ0v) is 10.2. The number of nitrogens with one attached hydrogen (secondary N) is 2. The van der Waals surface area contributed by atoms with E-state index >= 15 is 0 Å². The largest absolute Gasteiger partial charge is 0.282 e. The molecule has 1 unspecified atom stereocenters. The fraction of sp³-hybridized carbons (Fsp3) is 0.700. The van der Waals surface area contributed by atoms with Crippen molar-refractivity contribution in [2.75, 3.05) is 6.54 Å². The highest BCUT2D eigenvalue weighted by molar-refractivity contribution is 6.03. The van der Waals surface area contributed by atoms with Gasteiger partial charge in [0.25, 0.3) is 0 Å². The van der Waals surface area contributed by atoms with Crippen LogP contribution < -0.4 is 11.1 Å². The van der Waals surface area contributed by atoms with Crippen LogP contribution in [0.15, 0.2) is 0 Å². The van der Waals surface area contributed by atoms with E-state index in [1.807, 2.05) is 13.8 Å². The van der Waals surface area contributed by atoms with Gasteiger partial charge in [-0.2, -0.15) is 0 Å². The Morgan fingerprint density at radius 3 is 2.47 bits per heavy atom. The Balaban J connectivity index is 0.00000121. The van der Waals surface area contributed by atoms with Crippen molar-refractivity contribution in [1.82, 2.24) is 16.0 Å². The van der Waals surface area contributed by atoms with Crippen LogP contribution in [0.3, 0.4) is 0 Å². The molecule has 1 heterocycles. The number of hydrazine groups is 1. The van der Waals surface area contributed by atoms with Gasteiger partial charge in [0.2, 0.25) is 17.7 Å². The molecule has 1 aliphatic rings. The van der Waals surface area contributed by atoms with Crippen molar-refractivity contribution in [3.8, 4) is 0 Å². The molecular formula is C10H18FN3O3. The van der Waals surface area contributed by atoms with Gasteiger partial charge in [-0.3, -0.25) is 24.7 Å². The second-order valence-corrected chi connectivity index (χ2v) is 3.38. The first-order valence-corrected chi connectivity index (χ1v) is 5.55. The third kappa shape index (κ3) is 4.48. The number of likely N-dealkylation sites (tertiary alicyclic amines) is 1. The zero-order chi connectivity index (χ0) is 13.4. The Hall–Kier alpha value is -1.50. The lowest BCUT2D eigenvalue weighted by Crippen LogP contribution is -2.37. The van der Waals surface area contributed by atoms with Gasteiger partial charge in [-0.1, -0.05) is 26.4 Å². The fourth-order valence-electron chi connectivity index (χ4n) is 1.41. The van der Waals surface area contributed by atoms with Crippen molar-refractivity contribution in [3.05, 3.63) is 0 Å². The van der Waals surface area contributed by atoms with E-state index < -0.39 is 5.91 Å². The molecule has 0 bridgehead atoms. The molecule has 0 aromatic rings. The second kappa shape index (κ2) is 7.72. The van der Waals surface area contributed by atoms with Crippen LogP contribution in [0, 0.1) is 5.92 Å². The average molecular weight is 247 g/mol. The maximum Gasteiger partial charge on any atom is 0.237 e. The summed E-state index contributed by atoms with van der Waals surface area (Å²) in [5.41, 5.74) is 2.69. The first kappa shape index (κ1) is 15.5. The summed E-state index contributed by atoms with van der Waals surface area (Å²) in [4.78, 5) is 34.5. The molecule has 1 fully saturated rings. The highest BCUT2D eigenvalue weighted by Crippen LogP contribution is 2.18. The van der Waals surface area contributed by atoms with E-state index in [9.17, 15) is 18.9 Å². The lowest BCUT2D eigenvalue weighted by Gasteiger charge is -2.13. The Morgan fingerprint density at radius 1 is 1.47 bits per heavy atom. The molecule has 0 aromatic carbocycles. The normalized spacial score (nSPS) is 18.8. The molecule has 0 aliphatic carbocycles. The lowest BCUT2D eigenvalue weighted by molar-refractivity contribution is -0.139. The molecule has 0 radical (unpaired) electrons. The van der Waals surface area contributed by atoms with Crippen molar-refractivity contribution < 1.29 is 18.9 Å². The van der Waals surface area contributed by atoms with Crippen molar-refractivity contribution in [2.45, 2.75) is 33.6 Å². The molecule has 3 amide bonds. The number of amides is 3. The summed E-state index contributed by atoms with van der Waals surface area (Å²) < 4.78 is 11.4. The molecule has 1 atom stereocenters. The van der Waals surface area contributed by atoms with Gasteiger partial charge < -0.3 is 0 Å². The number of imide groups is 1. The Morgan fingerprint density at radius 2 is 2.06 bits per heavy atom. The van der Waals surface area contributed by atoms with Crippen molar-refractivity contribution in [2.24, 2.45) is 5.92 Å². The Bertz CT molecular complexity index is 297. The molecule has 1 aliphatic heterocycles. The van der Waals surface area contributed by atoms with Gasteiger partial charge in [0, 0.05) is 25.3 Å². The number of nitrogens with zero attached hydrogens (tertiary/aromatic N) is 1. The SMILES string of the molecule is CC.CC1CC(=O)N(CCC(=O)NNF)C1=O. The molecule has 6 nitrogen and oxygen atoms in total. The van der Waals surface area contributed by atoms with E-state index in [0.717, 1.165) is 10.5 Å². The number of rotatable bonds is 4. The standard InChI is InChI=1S/C8H12FN3O3.C2H6/c1-5-4-7(14)12(8(5)15)3-2-6(13)10-11-9;1-2/h5,11H,2-4H2,1H3,(H,10,13);1-2H3. The minimum atomic E-state index is -0.613. The highest BCUT2D eigenvalue weighted by Gasteiger charge is 2.35. The summed E-state index contributed by atoms with van der Waals surface area (Å²) >= 11 is 0. The number of carbonyl (C=O) groups excluding carboxylic acids is 3. The topological polar surface area (TPSA) is 78.5 Å². The van der Waals surface area contributed by atoms with Crippen LogP contribution in [0.25, 0.3) is 0 Å². The molecule has 7 heteroatoms. The third-order valence-electron chi connectivity index (χ3n) is 2.22. The number of hydrogen-bond acceptors (Lipinski definition) is 4. The van der Waals surface area contributed by atoms with E-state index in [-0.39, 0.29) is 37.1 Å². The first-order valence-electron chi connectivity index (χ1n) is 5.55. The van der Waals surface area contributed by atoms with Crippen molar-refractivity contribution >= 4 is 17.7 Å². The molecule has 0 saturated carbocycles. The summed E-state index contributed by atoms with van der Waals surface area (Å²) in [6, 6.07) is 0. The Kier molecular flexibility index (Phi) is 7.04. The molecule has 0 spiro atoms. The molecular weight excluding hydrogens is 229 g/mol. The van der Waals surface area contributed by atoms with Crippen molar-refractivity contribution in [3.63, 3.8) is 0 Å². The molecule has 1 rings (SSSR count). The van der Waals surface area contributed by atoms with Gasteiger partial charge in [-0.15, -0.1) is 4.48 Å². The third-order valence-corrected chi connectivity index (χ3v) is 2.22. The van der Waals surface area contributed by atoms with E-state index in [4.69, 9.17) is 0 Å². The van der Waals surface area contributed by atoms with Crippen LogP contribution in [0.2, 0.25) is 0 Å². The van der Waals surface area contributed by atoms with E-state index in [2.05, 4.69) is 0 Å². The monoisotopic (exact) mass is 247 g/mol. The smallest absolute Gasteiger partial charge is 0.237 e. The van der Waals surface area contributed by atoms with Gasteiger partial charge in [0.1, 0.15) is 0 Å². The highest BCUT2D eigenvalue weighted by atomic mass is 19.2. The molecule has 2 N–H and O–H groups in total. The lowest BCUT2D eigenvalue weighted by atomic mass is 10.1. The predicted octanol–water partition coefficient (Wildman–Crippen LogP) is 0.303. The Labute approximate surface area is 99.4 Å². The van der Waals surface area contributed by atoms with Crippen LogP contribution in [-0.4, -0.2) is 29.2 Å². The maximum absolute atomic E-state index is 11.4. The zero-order valence-electron chi connectivity index (χ0n) is 10.2. The van der Waals surface area contributed by atoms with E-state index in [0.29, 0.717) is 0 Å². The summed E-state index contributed by atoms with van der Waals surface area (Å²) in [7, 11) is 0. The maximum atomic E-state index is 11.4. The molecule has 98 valence electrons. The van der Waals surface area contributed by atoms with E-state index in [1.165, 1.54) is 0 Å². The number of halogens is 1. The average Bonchev–Trinajstić information content (AvgIpc) is 2.54. The number of hydrogen-bond donors (Lipinski definition) is 2. The van der Waals surface area contributed by atoms with Gasteiger partial charge >= 0.3 is 0 Å². The van der Waals surface area contributed by atoms with Gasteiger partial charge in [-0.25, -0.2) is 0 Å². The van der Waals surface area contributed by atoms with Crippen molar-refractivity contribution in [1.29, 1.82) is 0 Å². The van der Waals surface area contributed by atoms with Crippen LogP contribution in [0.5, 0.6) is 0 Å². The summed E-state index contributed by atoms with van der Waals surface area (Å²) in [6.45, 7) is 5.65. The predicted molar refractivity (Wildman–Crippen MR) is 58.9 cm³/mol. The van der Waals surface area contributed by atoms with Crippen LogP contribution in [0.1, 0.15) is 33.6 Å². The van der Waals surface area contributed by atoms with Crippen LogP contribution >= 0.6 is 0 Å². The fourth-order valence-corrected chi connectivity index (χ4v) is 1.41. The minimum absolute atomic E-state index is 0.00444. The summed E-state index contributed by atoms with van der Waals surface area (Å²) in [5, 5.41) is 0. The van der Waals surface area contributed by atoms with Crippen LogP contribution in [0.4, 0.5) is 4.48 Å². The first-order chi connectivity index (χ1) is 8.06. The van der Waals surface area contributed by atoms with Gasteiger partial charge in [-0.05, 0) is 0 Å². The van der Waals surface area contributed by atoms with Gasteiger partial charge in [0.05, 0.1) is 0 Å². The molecule has 17 heavy (non-hydrogen) atoms. The summed E-state index contributed by atoms with van der Waals surface area (Å²) in [6.07, 6.45) is 0.0724. The summed E-state index contributed by atoms with van der Waals surface area (Å²) in [5.74, 6) is -1.49. The quantitative estimate of drug-likeness (QED) is 0.425. The minimum Gasteiger partial charge on any atom is -0.282 e. The second-order valence-electron chi connectivity index (χ2n) is 3.38. The molecule has 1 saturated heterocycles.